The molecule has 28 heavy (non-hydrogen) atoms. The average Bonchev–Trinajstić information content (AvgIpc) is 3.53. The van der Waals surface area contributed by atoms with E-state index in [-0.39, 0.29) is 11.7 Å². The maximum atomic E-state index is 11.9. The van der Waals surface area contributed by atoms with E-state index in [9.17, 15) is 4.79 Å². The summed E-state index contributed by atoms with van der Waals surface area (Å²) in [4.78, 5) is 11.9. The normalized spacial score (nSPS) is 14.8. The van der Waals surface area contributed by atoms with Crippen LogP contribution in [0.1, 0.15) is 35.8 Å². The molecule has 1 aliphatic rings. The van der Waals surface area contributed by atoms with Gasteiger partial charge in [-0.05, 0) is 54.5 Å². The van der Waals surface area contributed by atoms with Crippen molar-refractivity contribution in [1.29, 1.82) is 0 Å². The van der Waals surface area contributed by atoms with Gasteiger partial charge in [-0.15, -0.1) is 10.2 Å². The highest BCUT2D eigenvalue weighted by molar-refractivity contribution is 6.05. The van der Waals surface area contributed by atoms with Crippen molar-refractivity contribution < 1.29 is 9.53 Å². The minimum Gasteiger partial charge on any atom is -0.380 e. The van der Waals surface area contributed by atoms with E-state index in [2.05, 4.69) is 34.6 Å². The van der Waals surface area contributed by atoms with Crippen molar-refractivity contribution in [2.24, 2.45) is 11.7 Å². The van der Waals surface area contributed by atoms with Gasteiger partial charge in [0.05, 0.1) is 17.8 Å². The van der Waals surface area contributed by atoms with E-state index in [0.717, 1.165) is 27.6 Å². The van der Waals surface area contributed by atoms with Crippen LogP contribution in [-0.4, -0.2) is 29.3 Å². The number of aromatic nitrogens is 2. The zero-order valence-corrected chi connectivity index (χ0v) is 16.1. The number of hydrogen-bond acceptors (Lipinski definition) is 5. The van der Waals surface area contributed by atoms with Gasteiger partial charge < -0.3 is 15.8 Å². The van der Waals surface area contributed by atoms with E-state index >= 15 is 0 Å². The number of nitrogens with one attached hydrogen (secondary N) is 1. The summed E-state index contributed by atoms with van der Waals surface area (Å²) >= 11 is 0. The molecule has 3 N–H and O–H groups in total. The number of amides is 1. The lowest BCUT2D eigenvalue weighted by Crippen LogP contribution is -2.23. The van der Waals surface area contributed by atoms with Gasteiger partial charge in [-0.3, -0.25) is 4.79 Å². The third kappa shape index (κ3) is 3.55. The predicted octanol–water partition coefficient (Wildman–Crippen LogP) is 3.75. The number of carbonyl (C=O) groups excluding carboxylic acids is 1. The lowest BCUT2D eigenvalue weighted by Gasteiger charge is -2.18. The third-order valence-corrected chi connectivity index (χ3v) is 5.32. The first-order valence-corrected chi connectivity index (χ1v) is 9.52. The number of nitrogens with zero attached hydrogens (tertiary/aromatic N) is 2. The molecule has 144 valence electrons. The summed E-state index contributed by atoms with van der Waals surface area (Å²) in [6, 6.07) is 14.4. The van der Waals surface area contributed by atoms with E-state index in [1.165, 1.54) is 12.8 Å². The molecule has 1 unspecified atom stereocenters. The van der Waals surface area contributed by atoms with E-state index in [0.29, 0.717) is 18.2 Å². The summed E-state index contributed by atoms with van der Waals surface area (Å²) in [7, 11) is 1.69. The van der Waals surface area contributed by atoms with Crippen molar-refractivity contribution in [2.75, 3.05) is 12.4 Å². The van der Waals surface area contributed by atoms with Gasteiger partial charge in [0.15, 0.2) is 5.69 Å². The first-order chi connectivity index (χ1) is 13.6. The van der Waals surface area contributed by atoms with Crippen molar-refractivity contribution in [3.8, 4) is 11.1 Å². The van der Waals surface area contributed by atoms with Crippen LogP contribution in [0.4, 0.5) is 5.69 Å². The minimum absolute atomic E-state index is 0.188. The fourth-order valence-electron chi connectivity index (χ4n) is 3.62. The third-order valence-electron chi connectivity index (χ3n) is 5.32. The predicted molar refractivity (Wildman–Crippen MR) is 110 cm³/mol. The lowest BCUT2D eigenvalue weighted by atomic mass is 9.98. The highest BCUT2D eigenvalue weighted by Gasteiger charge is 2.29. The van der Waals surface area contributed by atoms with Crippen LogP contribution >= 0.6 is 0 Å². The topological polar surface area (TPSA) is 90.1 Å². The van der Waals surface area contributed by atoms with Crippen molar-refractivity contribution in [3.63, 3.8) is 0 Å². The molecule has 0 bridgehead atoms. The van der Waals surface area contributed by atoms with Crippen molar-refractivity contribution in [3.05, 3.63) is 53.7 Å². The summed E-state index contributed by atoms with van der Waals surface area (Å²) in [6.07, 6.45) is 2.41. The van der Waals surface area contributed by atoms with Crippen molar-refractivity contribution in [2.45, 2.75) is 32.4 Å². The number of rotatable bonds is 7. The van der Waals surface area contributed by atoms with Gasteiger partial charge in [-0.25, -0.2) is 0 Å². The summed E-state index contributed by atoms with van der Waals surface area (Å²) in [5.41, 5.74) is 10.4. The van der Waals surface area contributed by atoms with Crippen LogP contribution in [0.15, 0.2) is 42.5 Å². The standard InChI is InChI=1S/C22H24N4O2/c1-13(14-7-8-14)24-20-18-10-9-15(11-19(18)25-26-21(20)22(23)27)17-6-4-3-5-16(17)12-28-2/h3-6,9-11,13-14H,7-8,12H2,1-2H3,(H2,23,27)(H,24,25). The summed E-state index contributed by atoms with van der Waals surface area (Å²) in [6.45, 7) is 2.66. The number of fused-ring (bicyclic) bond motifs is 1. The van der Waals surface area contributed by atoms with Crippen LogP contribution in [-0.2, 0) is 11.3 Å². The molecule has 0 aliphatic heterocycles. The Kier molecular flexibility index (Phi) is 4.96. The molecule has 1 aliphatic carbocycles. The second-order valence-electron chi connectivity index (χ2n) is 7.38. The van der Waals surface area contributed by atoms with E-state index in [4.69, 9.17) is 10.5 Å². The van der Waals surface area contributed by atoms with Gasteiger partial charge in [0, 0.05) is 18.5 Å². The molecule has 2 aromatic carbocycles. The first kappa shape index (κ1) is 18.4. The largest absolute Gasteiger partial charge is 0.380 e. The maximum absolute atomic E-state index is 11.9. The Labute approximate surface area is 164 Å². The van der Waals surface area contributed by atoms with Gasteiger partial charge in [-0.1, -0.05) is 30.3 Å². The molecule has 1 aromatic heterocycles. The van der Waals surface area contributed by atoms with Gasteiger partial charge >= 0.3 is 0 Å². The Bertz CT molecular complexity index is 1030. The van der Waals surface area contributed by atoms with Crippen LogP contribution in [0.25, 0.3) is 22.0 Å². The molecule has 0 spiro atoms. The molecule has 0 radical (unpaired) electrons. The van der Waals surface area contributed by atoms with E-state index in [1.54, 1.807) is 7.11 Å². The van der Waals surface area contributed by atoms with Crippen molar-refractivity contribution >= 4 is 22.5 Å². The molecule has 1 amide bonds. The average molecular weight is 376 g/mol. The summed E-state index contributed by atoms with van der Waals surface area (Å²) in [5, 5.41) is 12.7. The summed E-state index contributed by atoms with van der Waals surface area (Å²) in [5.74, 6) is 0.0542. The Morgan fingerprint density at radius 2 is 2.04 bits per heavy atom. The minimum atomic E-state index is -0.575. The number of carbonyl (C=O) groups is 1. The molecule has 1 atom stereocenters. The van der Waals surface area contributed by atoms with Crippen molar-refractivity contribution in [1.82, 2.24) is 10.2 Å². The fraction of sp³-hybridized carbons (Fsp3) is 0.318. The van der Waals surface area contributed by atoms with E-state index in [1.807, 2.05) is 30.3 Å². The molecular formula is C22H24N4O2. The molecule has 1 saturated carbocycles. The Balaban J connectivity index is 1.80. The molecule has 1 heterocycles. The zero-order chi connectivity index (χ0) is 19.7. The fourth-order valence-corrected chi connectivity index (χ4v) is 3.62. The molecule has 3 aromatic rings. The van der Waals surface area contributed by atoms with Crippen LogP contribution in [0.5, 0.6) is 0 Å². The molecule has 0 saturated heterocycles. The Morgan fingerprint density at radius 3 is 2.75 bits per heavy atom. The lowest BCUT2D eigenvalue weighted by molar-refractivity contribution is 0.0995. The number of anilines is 1. The SMILES string of the molecule is COCc1ccccc1-c1ccc2c(NC(C)C3CC3)c(C(N)=O)nnc2c1. The van der Waals surface area contributed by atoms with Gasteiger partial charge in [-0.2, -0.15) is 0 Å². The number of methoxy groups -OCH3 is 1. The quantitative estimate of drug-likeness (QED) is 0.655. The van der Waals surface area contributed by atoms with E-state index < -0.39 is 5.91 Å². The van der Waals surface area contributed by atoms with Crippen LogP contribution in [0.3, 0.4) is 0 Å². The Hall–Kier alpha value is -2.99. The molecule has 6 heteroatoms. The second kappa shape index (κ2) is 7.56. The number of benzene rings is 2. The summed E-state index contributed by atoms with van der Waals surface area (Å²) < 4.78 is 5.32. The van der Waals surface area contributed by atoms with Gasteiger partial charge in [0.25, 0.3) is 5.91 Å². The number of hydrogen-bond donors (Lipinski definition) is 2. The number of ether oxygens (including phenoxy) is 1. The molecular weight excluding hydrogens is 352 g/mol. The smallest absolute Gasteiger partial charge is 0.271 e. The highest BCUT2D eigenvalue weighted by Crippen LogP contribution is 2.36. The van der Waals surface area contributed by atoms with Crippen LogP contribution in [0.2, 0.25) is 0 Å². The second-order valence-corrected chi connectivity index (χ2v) is 7.38. The maximum Gasteiger partial charge on any atom is 0.271 e. The molecule has 1 fully saturated rings. The Morgan fingerprint density at radius 1 is 1.25 bits per heavy atom. The van der Waals surface area contributed by atoms with Gasteiger partial charge in [0.1, 0.15) is 0 Å². The number of nitrogens with two attached hydrogens (primary N) is 1. The van der Waals surface area contributed by atoms with Crippen LogP contribution in [0, 0.1) is 5.92 Å². The molecule has 4 rings (SSSR count). The first-order valence-electron chi connectivity index (χ1n) is 9.52. The molecule has 6 nitrogen and oxygen atoms in total. The zero-order valence-electron chi connectivity index (χ0n) is 16.1. The van der Waals surface area contributed by atoms with Gasteiger partial charge in [0.2, 0.25) is 0 Å². The van der Waals surface area contributed by atoms with Crippen LogP contribution < -0.4 is 11.1 Å². The monoisotopic (exact) mass is 376 g/mol. The number of primary amides is 1. The highest BCUT2D eigenvalue weighted by atomic mass is 16.5.